The fraction of sp³-hybridized carbons (Fsp3) is 0.333. The lowest BCUT2D eigenvalue weighted by Gasteiger charge is -2.07. The summed E-state index contributed by atoms with van der Waals surface area (Å²) in [7, 11) is 0. The lowest BCUT2D eigenvalue weighted by molar-refractivity contribution is 0.647. The quantitative estimate of drug-likeness (QED) is 0.682. The molecule has 15 heavy (non-hydrogen) atoms. The highest BCUT2D eigenvalue weighted by atomic mass is 14.1. The van der Waals surface area contributed by atoms with Gasteiger partial charge < -0.3 is 0 Å². The predicted octanol–water partition coefficient (Wildman–Crippen LogP) is 4.23. The molecule has 1 aliphatic carbocycles. The smallest absolute Gasteiger partial charge is 0.00884 e. The molecule has 0 bridgehead atoms. The van der Waals surface area contributed by atoms with Crippen molar-refractivity contribution in [2.75, 3.05) is 0 Å². The first-order valence-corrected chi connectivity index (χ1v) is 5.71. The first-order valence-electron chi connectivity index (χ1n) is 5.71. The van der Waals surface area contributed by atoms with Crippen molar-refractivity contribution in [1.82, 2.24) is 0 Å². The predicted molar refractivity (Wildman–Crippen MR) is 66.7 cm³/mol. The Morgan fingerprint density at radius 1 is 1.13 bits per heavy atom. The van der Waals surface area contributed by atoms with E-state index in [1.807, 2.05) is 0 Å². The molecule has 0 aromatic heterocycles. The minimum absolute atomic E-state index is 0.739. The number of allylic oxidation sites excluding steroid dienone is 4. The molecule has 0 fully saturated rings. The van der Waals surface area contributed by atoms with Crippen molar-refractivity contribution in [1.29, 1.82) is 0 Å². The molecule has 0 spiro atoms. The van der Waals surface area contributed by atoms with E-state index in [0.29, 0.717) is 0 Å². The SMILES string of the molecule is CC(C)Cc1ccc(C2=CC=CC2)cc1. The Morgan fingerprint density at radius 3 is 2.40 bits per heavy atom. The van der Waals surface area contributed by atoms with Crippen LogP contribution in [-0.4, -0.2) is 0 Å². The number of hydrogen-bond acceptors (Lipinski definition) is 0. The van der Waals surface area contributed by atoms with Crippen LogP contribution < -0.4 is 0 Å². The van der Waals surface area contributed by atoms with Crippen LogP contribution in [0.25, 0.3) is 5.57 Å². The van der Waals surface area contributed by atoms with Crippen molar-refractivity contribution in [2.45, 2.75) is 26.7 Å². The molecule has 0 amide bonds. The van der Waals surface area contributed by atoms with E-state index in [-0.39, 0.29) is 0 Å². The molecule has 2 rings (SSSR count). The number of rotatable bonds is 3. The Labute approximate surface area is 92.3 Å². The second-order valence-electron chi connectivity index (χ2n) is 4.62. The zero-order chi connectivity index (χ0) is 10.7. The van der Waals surface area contributed by atoms with Gasteiger partial charge in [0.25, 0.3) is 0 Å². The maximum atomic E-state index is 2.26. The third-order valence-corrected chi connectivity index (χ3v) is 2.74. The molecule has 0 heterocycles. The Morgan fingerprint density at radius 2 is 1.87 bits per heavy atom. The molecular formula is C15H18. The maximum Gasteiger partial charge on any atom is -0.00884 e. The summed E-state index contributed by atoms with van der Waals surface area (Å²) in [4.78, 5) is 0. The molecule has 0 atom stereocenters. The summed E-state index contributed by atoms with van der Waals surface area (Å²) < 4.78 is 0. The molecule has 1 aliphatic rings. The highest BCUT2D eigenvalue weighted by Gasteiger charge is 2.03. The van der Waals surface area contributed by atoms with Crippen LogP contribution in [0.2, 0.25) is 0 Å². The molecule has 0 N–H and O–H groups in total. The van der Waals surface area contributed by atoms with Gasteiger partial charge in [-0.2, -0.15) is 0 Å². The molecule has 78 valence electrons. The molecule has 0 heteroatoms. The molecule has 0 saturated carbocycles. The summed E-state index contributed by atoms with van der Waals surface area (Å²) in [5, 5.41) is 0. The van der Waals surface area contributed by atoms with E-state index >= 15 is 0 Å². The lowest BCUT2D eigenvalue weighted by atomic mass is 9.99. The standard InChI is InChI=1S/C15H18/c1-12(2)11-13-7-9-15(10-8-13)14-5-3-4-6-14/h3-5,7-10,12H,6,11H2,1-2H3. The number of benzene rings is 1. The van der Waals surface area contributed by atoms with Crippen molar-refractivity contribution in [2.24, 2.45) is 5.92 Å². The van der Waals surface area contributed by atoms with Gasteiger partial charge in [-0.1, -0.05) is 56.3 Å². The molecule has 0 saturated heterocycles. The summed E-state index contributed by atoms with van der Waals surface area (Å²) in [6.45, 7) is 4.52. The van der Waals surface area contributed by atoms with Crippen LogP contribution in [0.4, 0.5) is 0 Å². The molecule has 1 aromatic rings. The van der Waals surface area contributed by atoms with Crippen LogP contribution in [0.1, 0.15) is 31.4 Å². The second-order valence-corrected chi connectivity index (χ2v) is 4.62. The van der Waals surface area contributed by atoms with E-state index in [2.05, 4.69) is 56.3 Å². The van der Waals surface area contributed by atoms with Crippen LogP contribution in [0.15, 0.2) is 42.5 Å². The largest absolute Gasteiger partial charge is 0.0801 e. The highest BCUT2D eigenvalue weighted by Crippen LogP contribution is 2.23. The second kappa shape index (κ2) is 4.48. The monoisotopic (exact) mass is 198 g/mol. The third kappa shape index (κ3) is 2.59. The summed E-state index contributed by atoms with van der Waals surface area (Å²) >= 11 is 0. The molecular weight excluding hydrogens is 180 g/mol. The van der Waals surface area contributed by atoms with Crippen molar-refractivity contribution in [3.8, 4) is 0 Å². The van der Waals surface area contributed by atoms with Gasteiger partial charge in [0.2, 0.25) is 0 Å². The fourth-order valence-corrected chi connectivity index (χ4v) is 1.99. The molecule has 0 nitrogen and oxygen atoms in total. The average Bonchev–Trinajstić information content (AvgIpc) is 2.71. The van der Waals surface area contributed by atoms with Gasteiger partial charge in [0.05, 0.1) is 0 Å². The van der Waals surface area contributed by atoms with E-state index in [1.165, 1.54) is 23.1 Å². The van der Waals surface area contributed by atoms with Crippen molar-refractivity contribution < 1.29 is 0 Å². The van der Waals surface area contributed by atoms with Gasteiger partial charge in [0, 0.05) is 0 Å². The van der Waals surface area contributed by atoms with Crippen LogP contribution in [0.3, 0.4) is 0 Å². The summed E-state index contributed by atoms with van der Waals surface area (Å²) in [6.07, 6.45) is 8.81. The van der Waals surface area contributed by atoms with Gasteiger partial charge in [0.1, 0.15) is 0 Å². The fourth-order valence-electron chi connectivity index (χ4n) is 1.99. The Hall–Kier alpha value is -1.30. The lowest BCUT2D eigenvalue weighted by Crippen LogP contribution is -1.93. The van der Waals surface area contributed by atoms with E-state index in [0.717, 1.165) is 12.3 Å². The summed E-state index contributed by atoms with van der Waals surface area (Å²) in [6, 6.07) is 9.01. The third-order valence-electron chi connectivity index (χ3n) is 2.74. The minimum Gasteiger partial charge on any atom is -0.0801 e. The molecule has 1 aromatic carbocycles. The first kappa shape index (κ1) is 10.2. The van der Waals surface area contributed by atoms with Gasteiger partial charge >= 0.3 is 0 Å². The van der Waals surface area contributed by atoms with Crippen molar-refractivity contribution >= 4 is 5.57 Å². The van der Waals surface area contributed by atoms with Gasteiger partial charge in [-0.25, -0.2) is 0 Å². The van der Waals surface area contributed by atoms with Gasteiger partial charge in [0.15, 0.2) is 0 Å². The van der Waals surface area contributed by atoms with Crippen LogP contribution >= 0.6 is 0 Å². The molecule has 0 unspecified atom stereocenters. The molecule has 0 radical (unpaired) electrons. The average molecular weight is 198 g/mol. The van der Waals surface area contributed by atoms with E-state index in [1.54, 1.807) is 0 Å². The zero-order valence-electron chi connectivity index (χ0n) is 9.53. The van der Waals surface area contributed by atoms with Crippen molar-refractivity contribution in [3.05, 3.63) is 53.6 Å². The van der Waals surface area contributed by atoms with Gasteiger partial charge in [-0.15, -0.1) is 0 Å². The van der Waals surface area contributed by atoms with E-state index < -0.39 is 0 Å². The highest BCUT2D eigenvalue weighted by molar-refractivity contribution is 5.70. The van der Waals surface area contributed by atoms with Crippen LogP contribution in [0.5, 0.6) is 0 Å². The van der Waals surface area contributed by atoms with Crippen LogP contribution in [0, 0.1) is 5.92 Å². The normalized spacial score (nSPS) is 14.7. The first-order chi connectivity index (χ1) is 7.25. The zero-order valence-corrected chi connectivity index (χ0v) is 9.53. The minimum atomic E-state index is 0.739. The van der Waals surface area contributed by atoms with E-state index in [4.69, 9.17) is 0 Å². The van der Waals surface area contributed by atoms with Gasteiger partial charge in [-0.3, -0.25) is 0 Å². The Balaban J connectivity index is 2.10. The van der Waals surface area contributed by atoms with Gasteiger partial charge in [-0.05, 0) is 35.5 Å². The maximum absolute atomic E-state index is 2.26. The number of hydrogen-bond donors (Lipinski definition) is 0. The summed E-state index contributed by atoms with van der Waals surface area (Å²) in [5.74, 6) is 0.739. The summed E-state index contributed by atoms with van der Waals surface area (Å²) in [5.41, 5.74) is 4.25. The molecule has 0 aliphatic heterocycles. The van der Waals surface area contributed by atoms with Crippen molar-refractivity contribution in [3.63, 3.8) is 0 Å². The van der Waals surface area contributed by atoms with Crippen LogP contribution in [-0.2, 0) is 6.42 Å². The Kier molecular flexibility index (Phi) is 3.05. The topological polar surface area (TPSA) is 0 Å². The Bertz CT molecular complexity index is 377. The van der Waals surface area contributed by atoms with E-state index in [9.17, 15) is 0 Å².